The molecule has 2 aliphatic heterocycles. The van der Waals surface area contributed by atoms with Crippen LogP contribution >= 0.6 is 11.6 Å². The number of carbonyl (C=O) groups excluding carboxylic acids is 3. The molecule has 4 aromatic rings. The zero-order valence-corrected chi connectivity index (χ0v) is 25.4. The van der Waals surface area contributed by atoms with Crippen molar-refractivity contribution in [1.82, 2.24) is 24.1 Å². The van der Waals surface area contributed by atoms with Gasteiger partial charge >= 0.3 is 0 Å². The number of halogens is 1. The Balaban J connectivity index is 1.42. The van der Waals surface area contributed by atoms with E-state index in [0.717, 1.165) is 18.4 Å². The smallest absolute Gasteiger partial charge is 0.269 e. The van der Waals surface area contributed by atoms with Crippen LogP contribution in [0.25, 0.3) is 11.0 Å². The van der Waals surface area contributed by atoms with Crippen molar-refractivity contribution < 1.29 is 27.5 Å². The predicted octanol–water partition coefficient (Wildman–Crippen LogP) is 3.44. The van der Waals surface area contributed by atoms with Crippen LogP contribution in [0.4, 0.5) is 0 Å². The number of nitrogens with zero attached hydrogens (tertiary/aromatic N) is 4. The van der Waals surface area contributed by atoms with Crippen LogP contribution in [0.3, 0.4) is 0 Å². The first-order chi connectivity index (χ1) is 21.2. The second-order valence-electron chi connectivity index (χ2n) is 10.7. The molecule has 228 valence electrons. The maximum absolute atomic E-state index is 14.3. The Morgan fingerprint density at radius 3 is 2.55 bits per heavy atom. The fourth-order valence-corrected chi connectivity index (χ4v) is 7.37. The highest BCUT2D eigenvalue weighted by molar-refractivity contribution is 7.90. The highest BCUT2D eigenvalue weighted by Gasteiger charge is 2.44. The Morgan fingerprint density at radius 1 is 1.09 bits per heavy atom. The maximum atomic E-state index is 14.3. The Hall–Kier alpha value is -4.26. The van der Waals surface area contributed by atoms with Crippen LogP contribution in [0.5, 0.6) is 0 Å². The molecular weight excluding hydrogens is 606 g/mol. The van der Waals surface area contributed by atoms with Crippen molar-refractivity contribution in [2.24, 2.45) is 7.05 Å². The molecule has 3 heterocycles. The number of fused-ring (bicyclic) bond motifs is 2. The largest absolute Gasteiger partial charge is 0.376 e. The minimum Gasteiger partial charge on any atom is -0.376 e. The molecule has 3 aromatic carbocycles. The minimum atomic E-state index is -4.29. The third-order valence-electron chi connectivity index (χ3n) is 7.96. The normalized spacial score (nSPS) is 17.9. The molecule has 1 saturated heterocycles. The van der Waals surface area contributed by atoms with Gasteiger partial charge in [-0.15, -0.1) is 0 Å². The molecule has 0 saturated carbocycles. The van der Waals surface area contributed by atoms with Crippen LogP contribution < -0.4 is 5.32 Å². The molecular formula is C31H30ClN5O6S. The second-order valence-corrected chi connectivity index (χ2v) is 13.0. The van der Waals surface area contributed by atoms with Crippen LogP contribution in [0, 0.1) is 0 Å². The number of imidazole rings is 1. The van der Waals surface area contributed by atoms with Crippen molar-refractivity contribution in [1.29, 1.82) is 0 Å². The molecule has 2 aliphatic rings. The van der Waals surface area contributed by atoms with E-state index in [9.17, 15) is 22.8 Å². The summed E-state index contributed by atoms with van der Waals surface area (Å²) in [7, 11) is -2.55. The fraction of sp³-hybridized carbons (Fsp3) is 0.290. The second kappa shape index (κ2) is 12.0. The number of nitrogens with one attached hydrogen (secondary N) is 1. The lowest BCUT2D eigenvalue weighted by molar-refractivity contribution is -0.142. The number of carbonyl (C=O) groups is 3. The van der Waals surface area contributed by atoms with Crippen molar-refractivity contribution in [2.45, 2.75) is 36.4 Å². The van der Waals surface area contributed by atoms with Crippen molar-refractivity contribution in [3.8, 4) is 0 Å². The van der Waals surface area contributed by atoms with E-state index in [1.54, 1.807) is 48.0 Å². The van der Waals surface area contributed by atoms with Gasteiger partial charge in [-0.3, -0.25) is 14.4 Å². The predicted molar refractivity (Wildman–Crippen MR) is 162 cm³/mol. The quantitative estimate of drug-likeness (QED) is 0.298. The van der Waals surface area contributed by atoms with E-state index in [1.807, 2.05) is 18.2 Å². The van der Waals surface area contributed by atoms with Gasteiger partial charge in [0.2, 0.25) is 5.91 Å². The zero-order valence-electron chi connectivity index (χ0n) is 23.9. The average Bonchev–Trinajstić information content (AvgIpc) is 3.71. The summed E-state index contributed by atoms with van der Waals surface area (Å²) in [4.78, 5) is 47.4. The summed E-state index contributed by atoms with van der Waals surface area (Å²) in [5, 5.41) is 3.27. The zero-order chi connectivity index (χ0) is 31.0. The van der Waals surface area contributed by atoms with E-state index in [0.29, 0.717) is 27.0 Å². The number of aryl methyl sites for hydroxylation is 1. The monoisotopic (exact) mass is 635 g/mol. The molecule has 11 nitrogen and oxygen atoms in total. The average molecular weight is 636 g/mol. The number of ether oxygens (including phenoxy) is 1. The summed E-state index contributed by atoms with van der Waals surface area (Å²) < 4.78 is 34.7. The first kappa shape index (κ1) is 29.8. The summed E-state index contributed by atoms with van der Waals surface area (Å²) in [5.74, 6) is -1.86. The maximum Gasteiger partial charge on any atom is 0.269 e. The van der Waals surface area contributed by atoms with E-state index in [-0.39, 0.29) is 35.5 Å². The Kier molecular flexibility index (Phi) is 8.14. The molecule has 6 rings (SSSR count). The van der Waals surface area contributed by atoms with Gasteiger partial charge in [-0.05, 0) is 48.7 Å². The summed E-state index contributed by atoms with van der Waals surface area (Å²) >= 11 is 6.51. The molecule has 44 heavy (non-hydrogen) atoms. The Labute approximate surface area is 259 Å². The number of hydrogen-bond donors (Lipinski definition) is 1. The van der Waals surface area contributed by atoms with Gasteiger partial charge in [0.05, 0.1) is 22.7 Å². The van der Waals surface area contributed by atoms with Gasteiger partial charge in [0.1, 0.15) is 17.3 Å². The number of amides is 3. The standard InChI is InChI=1S/C31H30ClN5O6S/c1-35-25-14-6-5-13-24(25)34-29(35)28(30(39)33-17-21-10-8-16-43-21)36(18-20-9-2-4-12-23(20)32)27(38)19-37-31(40)22-11-3-7-15-26(22)44(37,41)42/h2-7,9,11-15,21,28H,8,10,16-19H2,1H3,(H,33,39). The topological polar surface area (TPSA) is 131 Å². The first-order valence-electron chi connectivity index (χ1n) is 14.2. The van der Waals surface area contributed by atoms with E-state index >= 15 is 0 Å². The van der Waals surface area contributed by atoms with Crippen LogP contribution in [-0.2, 0) is 37.9 Å². The third kappa shape index (κ3) is 5.44. The van der Waals surface area contributed by atoms with Crippen molar-refractivity contribution in [2.75, 3.05) is 19.7 Å². The van der Waals surface area contributed by atoms with Gasteiger partial charge in [0, 0.05) is 31.8 Å². The van der Waals surface area contributed by atoms with Gasteiger partial charge in [-0.2, -0.15) is 0 Å². The summed E-state index contributed by atoms with van der Waals surface area (Å²) in [6.45, 7) is -0.150. The number of sulfonamides is 1. The lowest BCUT2D eigenvalue weighted by Gasteiger charge is -2.32. The van der Waals surface area contributed by atoms with Crippen molar-refractivity contribution in [3.05, 3.63) is 94.8 Å². The molecule has 1 aromatic heterocycles. The summed E-state index contributed by atoms with van der Waals surface area (Å²) in [6.07, 6.45) is 1.50. The highest BCUT2D eigenvalue weighted by Crippen LogP contribution is 2.32. The van der Waals surface area contributed by atoms with Crippen LogP contribution in [0.2, 0.25) is 5.02 Å². The van der Waals surface area contributed by atoms with E-state index < -0.39 is 40.3 Å². The Bertz CT molecular complexity index is 1870. The Morgan fingerprint density at radius 2 is 1.82 bits per heavy atom. The highest BCUT2D eigenvalue weighted by atomic mass is 35.5. The van der Waals surface area contributed by atoms with Gasteiger partial charge in [0.15, 0.2) is 6.04 Å². The van der Waals surface area contributed by atoms with E-state index in [4.69, 9.17) is 21.3 Å². The molecule has 2 unspecified atom stereocenters. The van der Waals surface area contributed by atoms with E-state index in [1.165, 1.54) is 23.1 Å². The first-order valence-corrected chi connectivity index (χ1v) is 16.0. The van der Waals surface area contributed by atoms with Crippen LogP contribution in [0.15, 0.2) is 77.7 Å². The summed E-state index contributed by atoms with van der Waals surface area (Å²) in [6, 6.07) is 18.7. The number of aromatic nitrogens is 2. The lowest BCUT2D eigenvalue weighted by Crippen LogP contribution is -2.49. The van der Waals surface area contributed by atoms with E-state index in [2.05, 4.69) is 5.32 Å². The molecule has 2 atom stereocenters. The van der Waals surface area contributed by atoms with Gasteiger partial charge in [0.25, 0.3) is 21.8 Å². The molecule has 1 N–H and O–H groups in total. The molecule has 0 bridgehead atoms. The molecule has 1 fully saturated rings. The fourth-order valence-electron chi connectivity index (χ4n) is 5.66. The molecule has 0 spiro atoms. The van der Waals surface area contributed by atoms with Gasteiger partial charge in [-0.1, -0.05) is 54.1 Å². The van der Waals surface area contributed by atoms with Crippen LogP contribution in [0.1, 0.15) is 40.6 Å². The SMILES string of the molecule is Cn1c(C(C(=O)NCC2CCCO2)N(Cc2ccccc2Cl)C(=O)CN2C(=O)c3ccccc3S2(=O)=O)nc2ccccc21. The molecule has 13 heteroatoms. The number of hydrogen-bond acceptors (Lipinski definition) is 7. The number of benzene rings is 3. The summed E-state index contributed by atoms with van der Waals surface area (Å²) in [5.41, 5.74) is 1.85. The molecule has 3 amide bonds. The number of rotatable bonds is 9. The lowest BCUT2D eigenvalue weighted by atomic mass is 10.1. The van der Waals surface area contributed by atoms with Crippen molar-refractivity contribution in [3.63, 3.8) is 0 Å². The van der Waals surface area contributed by atoms with Crippen molar-refractivity contribution >= 4 is 50.4 Å². The molecule has 0 radical (unpaired) electrons. The van der Waals surface area contributed by atoms with Crippen LogP contribution in [-0.4, -0.2) is 70.7 Å². The van der Waals surface area contributed by atoms with Gasteiger partial charge < -0.3 is 19.5 Å². The third-order valence-corrected chi connectivity index (χ3v) is 10.1. The molecule has 0 aliphatic carbocycles. The number of para-hydroxylation sites is 2. The minimum absolute atomic E-state index is 0.0147. The van der Waals surface area contributed by atoms with Gasteiger partial charge in [-0.25, -0.2) is 17.7 Å².